The topological polar surface area (TPSA) is 55.3 Å². The number of para-hydroxylation sites is 1. The van der Waals surface area contributed by atoms with E-state index < -0.39 is 5.97 Å². The van der Waals surface area contributed by atoms with Crippen LogP contribution in [0, 0.1) is 5.82 Å². The van der Waals surface area contributed by atoms with Gasteiger partial charge in [-0.05, 0) is 19.1 Å². The molecular formula is C14H14FN3O2. The van der Waals surface area contributed by atoms with Crippen LogP contribution >= 0.6 is 0 Å². The lowest BCUT2D eigenvalue weighted by molar-refractivity contribution is 0.0593. The minimum atomic E-state index is -0.580. The number of hydrogen-bond acceptors (Lipinski definition) is 5. The Hall–Kier alpha value is -2.50. The first kappa shape index (κ1) is 13.9. The summed E-state index contributed by atoms with van der Waals surface area (Å²) in [6, 6.07) is 6.36. The van der Waals surface area contributed by atoms with Crippen LogP contribution in [0.2, 0.25) is 0 Å². The zero-order valence-electron chi connectivity index (χ0n) is 11.2. The summed E-state index contributed by atoms with van der Waals surface area (Å²) in [7, 11) is 1.27. The van der Waals surface area contributed by atoms with E-state index >= 15 is 0 Å². The van der Waals surface area contributed by atoms with Gasteiger partial charge in [-0.15, -0.1) is 0 Å². The summed E-state index contributed by atoms with van der Waals surface area (Å²) in [4.78, 5) is 21.2. The van der Waals surface area contributed by atoms with Crippen molar-refractivity contribution in [1.82, 2.24) is 9.97 Å². The number of methoxy groups -OCH3 is 1. The number of hydrogen-bond donors (Lipinski definition) is 0. The number of carbonyl (C=O) groups excluding carboxylic acids is 1. The van der Waals surface area contributed by atoms with Gasteiger partial charge in [0.25, 0.3) is 0 Å². The lowest BCUT2D eigenvalue weighted by Crippen LogP contribution is -2.20. The fourth-order valence-electron chi connectivity index (χ4n) is 1.82. The zero-order chi connectivity index (χ0) is 14.5. The third-order valence-corrected chi connectivity index (χ3v) is 2.75. The quantitative estimate of drug-likeness (QED) is 0.803. The van der Waals surface area contributed by atoms with Gasteiger partial charge >= 0.3 is 5.97 Å². The zero-order valence-corrected chi connectivity index (χ0v) is 11.2. The fraction of sp³-hybridized carbons (Fsp3) is 0.214. The van der Waals surface area contributed by atoms with E-state index in [1.54, 1.807) is 23.1 Å². The molecule has 104 valence electrons. The van der Waals surface area contributed by atoms with Crippen molar-refractivity contribution in [3.8, 4) is 0 Å². The van der Waals surface area contributed by atoms with E-state index in [-0.39, 0.29) is 11.5 Å². The second-order valence-corrected chi connectivity index (χ2v) is 3.95. The van der Waals surface area contributed by atoms with E-state index in [9.17, 15) is 9.18 Å². The Morgan fingerprint density at radius 3 is 2.75 bits per heavy atom. The van der Waals surface area contributed by atoms with Gasteiger partial charge in [-0.25, -0.2) is 14.2 Å². The maximum absolute atomic E-state index is 13.9. The second-order valence-electron chi connectivity index (χ2n) is 3.95. The van der Waals surface area contributed by atoms with Crippen molar-refractivity contribution in [3.05, 3.63) is 48.2 Å². The van der Waals surface area contributed by atoms with Crippen molar-refractivity contribution in [2.45, 2.75) is 6.92 Å². The molecule has 1 aromatic carbocycles. The van der Waals surface area contributed by atoms with Gasteiger partial charge in [0.2, 0.25) is 0 Å². The molecule has 20 heavy (non-hydrogen) atoms. The van der Waals surface area contributed by atoms with Crippen LogP contribution in [0.3, 0.4) is 0 Å². The molecule has 0 bridgehead atoms. The summed E-state index contributed by atoms with van der Waals surface area (Å²) in [5.41, 5.74) is 0.464. The molecule has 0 unspecified atom stereocenters. The van der Waals surface area contributed by atoms with Gasteiger partial charge in [0.05, 0.1) is 25.2 Å². The number of ether oxygens (including phenoxy) is 1. The number of halogens is 1. The van der Waals surface area contributed by atoms with E-state index in [2.05, 4.69) is 14.7 Å². The van der Waals surface area contributed by atoms with Gasteiger partial charge < -0.3 is 9.64 Å². The predicted octanol–water partition coefficient (Wildman–Crippen LogP) is 2.56. The van der Waals surface area contributed by atoms with E-state index in [1.807, 2.05) is 6.92 Å². The molecule has 0 spiro atoms. The number of benzene rings is 1. The van der Waals surface area contributed by atoms with E-state index in [1.165, 1.54) is 25.6 Å². The molecule has 0 aliphatic heterocycles. The molecule has 0 aliphatic rings. The third kappa shape index (κ3) is 2.74. The largest absolute Gasteiger partial charge is 0.464 e. The number of esters is 1. The summed E-state index contributed by atoms with van der Waals surface area (Å²) >= 11 is 0. The lowest BCUT2D eigenvalue weighted by atomic mass is 10.2. The average molecular weight is 275 g/mol. The van der Waals surface area contributed by atoms with E-state index in [0.29, 0.717) is 18.1 Å². The van der Waals surface area contributed by atoms with Crippen LogP contribution in [-0.2, 0) is 4.74 Å². The molecule has 1 aromatic heterocycles. The van der Waals surface area contributed by atoms with Crippen LogP contribution < -0.4 is 4.90 Å². The highest BCUT2D eigenvalue weighted by atomic mass is 19.1. The summed E-state index contributed by atoms with van der Waals surface area (Å²) in [6.45, 7) is 2.35. The molecule has 2 rings (SSSR count). The Morgan fingerprint density at radius 1 is 1.35 bits per heavy atom. The Labute approximate surface area is 116 Å². The van der Waals surface area contributed by atoms with Crippen molar-refractivity contribution in [1.29, 1.82) is 0 Å². The van der Waals surface area contributed by atoms with Gasteiger partial charge in [-0.2, -0.15) is 0 Å². The van der Waals surface area contributed by atoms with Crippen LogP contribution in [0.5, 0.6) is 0 Å². The van der Waals surface area contributed by atoms with Crippen molar-refractivity contribution < 1.29 is 13.9 Å². The lowest BCUT2D eigenvalue weighted by Gasteiger charge is -2.22. The van der Waals surface area contributed by atoms with Crippen LogP contribution in [0.1, 0.15) is 17.4 Å². The van der Waals surface area contributed by atoms with Crippen LogP contribution in [0.15, 0.2) is 36.7 Å². The standard InChI is InChI=1S/C14H14FN3O2/c1-3-18(12-7-5-4-6-10(12)15)13-9-16-8-11(17-13)14(19)20-2/h4-9H,3H2,1-2H3. The number of rotatable bonds is 4. The van der Waals surface area contributed by atoms with Crippen LogP contribution in [0.25, 0.3) is 0 Å². The monoisotopic (exact) mass is 275 g/mol. The molecule has 0 aliphatic carbocycles. The van der Waals surface area contributed by atoms with E-state index in [4.69, 9.17) is 0 Å². The van der Waals surface area contributed by atoms with Gasteiger partial charge in [0.15, 0.2) is 11.5 Å². The molecule has 0 saturated heterocycles. The van der Waals surface area contributed by atoms with Crippen molar-refractivity contribution in [3.63, 3.8) is 0 Å². The predicted molar refractivity (Wildman–Crippen MR) is 72.5 cm³/mol. The van der Waals surface area contributed by atoms with Gasteiger partial charge in [0, 0.05) is 6.54 Å². The molecule has 6 heteroatoms. The first-order valence-corrected chi connectivity index (χ1v) is 6.09. The van der Waals surface area contributed by atoms with Gasteiger partial charge in [-0.1, -0.05) is 12.1 Å². The van der Waals surface area contributed by atoms with Crippen LogP contribution in [0.4, 0.5) is 15.9 Å². The molecular weight excluding hydrogens is 261 g/mol. The van der Waals surface area contributed by atoms with E-state index in [0.717, 1.165) is 0 Å². The Bertz CT molecular complexity index is 619. The summed E-state index contributed by atoms with van der Waals surface area (Å²) in [5.74, 6) is -0.552. The fourth-order valence-corrected chi connectivity index (χ4v) is 1.82. The Balaban J connectivity index is 2.42. The highest BCUT2D eigenvalue weighted by Gasteiger charge is 2.15. The molecule has 2 aromatic rings. The number of aromatic nitrogens is 2. The maximum atomic E-state index is 13.9. The van der Waals surface area contributed by atoms with Crippen molar-refractivity contribution in [2.24, 2.45) is 0 Å². The smallest absolute Gasteiger partial charge is 0.358 e. The number of anilines is 2. The maximum Gasteiger partial charge on any atom is 0.358 e. The first-order valence-electron chi connectivity index (χ1n) is 6.09. The minimum Gasteiger partial charge on any atom is -0.464 e. The molecule has 0 fully saturated rings. The molecule has 0 radical (unpaired) electrons. The van der Waals surface area contributed by atoms with Crippen molar-refractivity contribution >= 4 is 17.5 Å². The van der Waals surface area contributed by atoms with Gasteiger partial charge in [0.1, 0.15) is 5.82 Å². The third-order valence-electron chi connectivity index (χ3n) is 2.75. The Kier molecular flexibility index (Phi) is 4.24. The summed E-state index contributed by atoms with van der Waals surface area (Å²) < 4.78 is 18.5. The highest BCUT2D eigenvalue weighted by Crippen LogP contribution is 2.25. The first-order chi connectivity index (χ1) is 9.67. The highest BCUT2D eigenvalue weighted by molar-refractivity contribution is 5.87. The minimum absolute atomic E-state index is 0.0831. The Morgan fingerprint density at radius 2 is 2.10 bits per heavy atom. The molecule has 0 amide bonds. The SMILES string of the molecule is CCN(c1cncc(C(=O)OC)n1)c1ccccc1F. The number of nitrogens with zero attached hydrogens (tertiary/aromatic N) is 3. The normalized spacial score (nSPS) is 10.2. The van der Waals surface area contributed by atoms with Crippen LogP contribution in [-0.4, -0.2) is 29.6 Å². The molecule has 1 heterocycles. The molecule has 0 saturated carbocycles. The molecule has 5 nitrogen and oxygen atoms in total. The van der Waals surface area contributed by atoms with Crippen molar-refractivity contribution in [2.75, 3.05) is 18.6 Å². The molecule has 0 N–H and O–H groups in total. The molecule has 0 atom stereocenters. The summed E-state index contributed by atoms with van der Waals surface area (Å²) in [5, 5.41) is 0. The van der Waals surface area contributed by atoms with Gasteiger partial charge in [-0.3, -0.25) is 4.98 Å². The number of carbonyl (C=O) groups is 1. The summed E-state index contributed by atoms with van der Waals surface area (Å²) in [6.07, 6.45) is 2.78. The average Bonchev–Trinajstić information content (AvgIpc) is 2.49. The second kappa shape index (κ2) is 6.10.